The fourth-order valence-corrected chi connectivity index (χ4v) is 2.34. The van der Waals surface area contributed by atoms with Gasteiger partial charge in [-0.05, 0) is 44.0 Å². The van der Waals surface area contributed by atoms with Crippen LogP contribution in [0.2, 0.25) is 0 Å². The van der Waals surface area contributed by atoms with Gasteiger partial charge in [0.2, 0.25) is 0 Å². The van der Waals surface area contributed by atoms with Gasteiger partial charge in [0, 0.05) is 18.8 Å². The van der Waals surface area contributed by atoms with Crippen molar-refractivity contribution in [2.24, 2.45) is 0 Å². The van der Waals surface area contributed by atoms with Crippen molar-refractivity contribution < 1.29 is 19.0 Å². The van der Waals surface area contributed by atoms with E-state index in [0.29, 0.717) is 18.8 Å². The highest BCUT2D eigenvalue weighted by molar-refractivity contribution is 6.23. The summed E-state index contributed by atoms with van der Waals surface area (Å²) < 4.78 is 17.9. The van der Waals surface area contributed by atoms with Crippen LogP contribution in [-0.4, -0.2) is 41.4 Å². The molecule has 1 aliphatic heterocycles. The van der Waals surface area contributed by atoms with Gasteiger partial charge in [-0.3, -0.25) is 10.2 Å². The van der Waals surface area contributed by atoms with Crippen molar-refractivity contribution in [3.05, 3.63) is 41.6 Å². The highest BCUT2D eigenvalue weighted by Crippen LogP contribution is 2.17. The van der Waals surface area contributed by atoms with Gasteiger partial charge in [0.1, 0.15) is 11.7 Å². The molecule has 1 aliphatic rings. The summed E-state index contributed by atoms with van der Waals surface area (Å²) in [4.78, 5) is 14.2. The predicted octanol–water partition coefficient (Wildman–Crippen LogP) is 2.64. The summed E-state index contributed by atoms with van der Waals surface area (Å²) >= 11 is 0. The summed E-state index contributed by atoms with van der Waals surface area (Å²) in [6.45, 7) is 3.16. The van der Waals surface area contributed by atoms with Gasteiger partial charge in [0.05, 0.1) is 6.61 Å². The molecule has 0 radical (unpaired) electrons. The van der Waals surface area contributed by atoms with Gasteiger partial charge in [-0.15, -0.1) is 0 Å². The molecule has 1 fully saturated rings. The van der Waals surface area contributed by atoms with E-state index in [1.807, 2.05) is 0 Å². The highest BCUT2D eigenvalue weighted by atomic mass is 19.1. The Hall–Kier alpha value is -2.57. The summed E-state index contributed by atoms with van der Waals surface area (Å²) in [6.07, 6.45) is 1.87. The lowest BCUT2D eigenvalue weighted by atomic mass is 10.2. The lowest BCUT2D eigenvalue weighted by molar-refractivity contribution is -0.113. The third-order valence-corrected chi connectivity index (χ3v) is 3.48. The lowest BCUT2D eigenvalue weighted by Crippen LogP contribution is -2.34. The Labute approximate surface area is 134 Å². The van der Waals surface area contributed by atoms with Crippen LogP contribution in [0.15, 0.2) is 35.8 Å². The first-order valence-electron chi connectivity index (χ1n) is 7.49. The molecule has 23 heavy (non-hydrogen) atoms. The highest BCUT2D eigenvalue weighted by Gasteiger charge is 2.27. The number of ether oxygens (including phenoxy) is 1. The number of hydrogen-bond acceptors (Lipinski definition) is 4. The molecule has 7 heteroatoms. The van der Waals surface area contributed by atoms with Crippen molar-refractivity contribution in [2.75, 3.05) is 25.0 Å². The zero-order valence-electron chi connectivity index (χ0n) is 12.9. The van der Waals surface area contributed by atoms with Crippen LogP contribution in [0.4, 0.5) is 10.1 Å². The Kier molecular flexibility index (Phi) is 5.56. The number of halogens is 1. The SMILES string of the molecule is CCO/C(O)=C(\C(=N)N1CCCC1)C(=O)Nc1ccc(F)cc1. The first-order chi connectivity index (χ1) is 11.0. The number of carbonyl (C=O) groups is 1. The van der Waals surface area contributed by atoms with E-state index >= 15 is 0 Å². The quantitative estimate of drug-likeness (QED) is 0.337. The van der Waals surface area contributed by atoms with Crippen LogP contribution in [0, 0.1) is 11.2 Å². The van der Waals surface area contributed by atoms with Crippen molar-refractivity contribution in [1.82, 2.24) is 4.90 Å². The molecule has 0 saturated carbocycles. The maximum Gasteiger partial charge on any atom is 0.293 e. The molecular weight excluding hydrogens is 301 g/mol. The van der Waals surface area contributed by atoms with E-state index in [9.17, 15) is 14.3 Å². The average molecular weight is 321 g/mol. The van der Waals surface area contributed by atoms with E-state index in [0.717, 1.165) is 12.8 Å². The number of hydrogen-bond donors (Lipinski definition) is 3. The van der Waals surface area contributed by atoms with Gasteiger partial charge in [0.15, 0.2) is 5.57 Å². The second-order valence-corrected chi connectivity index (χ2v) is 5.12. The number of nitrogens with one attached hydrogen (secondary N) is 2. The maximum absolute atomic E-state index is 12.9. The van der Waals surface area contributed by atoms with Gasteiger partial charge in [-0.2, -0.15) is 0 Å². The number of aliphatic hydroxyl groups is 1. The summed E-state index contributed by atoms with van der Waals surface area (Å²) in [5, 5.41) is 20.7. The van der Waals surface area contributed by atoms with Crippen LogP contribution in [0.5, 0.6) is 0 Å². The molecule has 1 amide bonds. The Bertz CT molecular complexity index is 608. The molecular formula is C16H20FN3O3. The maximum atomic E-state index is 12.9. The fourth-order valence-electron chi connectivity index (χ4n) is 2.34. The minimum absolute atomic E-state index is 0.0759. The molecule has 0 aliphatic carbocycles. The molecule has 0 spiro atoms. The van der Waals surface area contributed by atoms with Gasteiger partial charge >= 0.3 is 0 Å². The molecule has 1 aromatic carbocycles. The molecule has 0 bridgehead atoms. The topological polar surface area (TPSA) is 85.7 Å². The van der Waals surface area contributed by atoms with Crippen LogP contribution in [-0.2, 0) is 9.53 Å². The second kappa shape index (κ2) is 7.62. The van der Waals surface area contributed by atoms with Crippen molar-refractivity contribution >= 4 is 17.4 Å². The Morgan fingerprint density at radius 2 is 1.96 bits per heavy atom. The summed E-state index contributed by atoms with van der Waals surface area (Å²) in [6, 6.07) is 5.24. The van der Waals surface area contributed by atoms with Crippen LogP contribution in [0.1, 0.15) is 19.8 Å². The molecule has 0 atom stereocenters. The van der Waals surface area contributed by atoms with Gasteiger partial charge in [0.25, 0.3) is 11.9 Å². The average Bonchev–Trinajstić information content (AvgIpc) is 3.04. The van der Waals surface area contributed by atoms with E-state index < -0.39 is 17.7 Å². The normalized spacial score (nSPS) is 15.1. The van der Waals surface area contributed by atoms with E-state index in [1.54, 1.807) is 11.8 Å². The predicted molar refractivity (Wildman–Crippen MR) is 84.8 cm³/mol. The van der Waals surface area contributed by atoms with Crippen molar-refractivity contribution in [3.8, 4) is 0 Å². The minimum atomic E-state index is -0.667. The molecule has 0 aromatic heterocycles. The van der Waals surface area contributed by atoms with Crippen LogP contribution < -0.4 is 5.32 Å². The number of carbonyl (C=O) groups excluding carboxylic acids is 1. The summed E-state index contributed by atoms with van der Waals surface area (Å²) in [5.74, 6) is -1.74. The number of amidine groups is 1. The Balaban J connectivity index is 2.22. The molecule has 1 heterocycles. The van der Waals surface area contributed by atoms with E-state index in [2.05, 4.69) is 5.32 Å². The Morgan fingerprint density at radius 1 is 1.35 bits per heavy atom. The van der Waals surface area contributed by atoms with Crippen LogP contribution >= 0.6 is 0 Å². The molecule has 1 saturated heterocycles. The Morgan fingerprint density at radius 3 is 2.52 bits per heavy atom. The number of aliphatic hydroxyl groups excluding tert-OH is 1. The third kappa shape index (κ3) is 4.21. The van der Waals surface area contributed by atoms with Gasteiger partial charge in [-0.1, -0.05) is 0 Å². The molecule has 1 aromatic rings. The van der Waals surface area contributed by atoms with E-state index in [4.69, 9.17) is 10.1 Å². The number of amides is 1. The number of likely N-dealkylation sites (tertiary alicyclic amines) is 1. The monoisotopic (exact) mass is 321 g/mol. The number of nitrogens with zero attached hydrogens (tertiary/aromatic N) is 1. The smallest absolute Gasteiger partial charge is 0.293 e. The van der Waals surface area contributed by atoms with E-state index in [-0.39, 0.29) is 18.0 Å². The standard InChI is InChI=1S/C16H20FN3O3/c1-2-23-16(22)13(14(18)20-9-3-4-10-20)15(21)19-12-7-5-11(17)6-8-12/h5-8,18,22H,2-4,9-10H2,1H3,(H,19,21)/b16-13+,18-14?. The molecule has 6 nitrogen and oxygen atoms in total. The second-order valence-electron chi connectivity index (χ2n) is 5.12. The number of anilines is 1. The zero-order chi connectivity index (χ0) is 16.8. The summed E-state index contributed by atoms with van der Waals surface area (Å²) in [7, 11) is 0. The molecule has 3 N–H and O–H groups in total. The van der Waals surface area contributed by atoms with Gasteiger partial charge < -0.3 is 20.1 Å². The van der Waals surface area contributed by atoms with Crippen LogP contribution in [0.3, 0.4) is 0 Å². The first kappa shape index (κ1) is 16.8. The minimum Gasteiger partial charge on any atom is -0.480 e. The molecule has 2 rings (SSSR count). The first-order valence-corrected chi connectivity index (χ1v) is 7.49. The fraction of sp³-hybridized carbons (Fsp3) is 0.375. The molecule has 124 valence electrons. The number of benzene rings is 1. The van der Waals surface area contributed by atoms with Crippen molar-refractivity contribution in [2.45, 2.75) is 19.8 Å². The van der Waals surface area contributed by atoms with Crippen molar-refractivity contribution in [1.29, 1.82) is 5.41 Å². The molecule has 0 unspecified atom stereocenters. The zero-order valence-corrected chi connectivity index (χ0v) is 12.9. The number of rotatable bonds is 5. The van der Waals surface area contributed by atoms with Gasteiger partial charge in [-0.25, -0.2) is 4.39 Å². The van der Waals surface area contributed by atoms with Crippen molar-refractivity contribution in [3.63, 3.8) is 0 Å². The third-order valence-electron chi connectivity index (χ3n) is 3.48. The largest absolute Gasteiger partial charge is 0.480 e. The lowest BCUT2D eigenvalue weighted by Gasteiger charge is -2.21. The van der Waals surface area contributed by atoms with E-state index in [1.165, 1.54) is 24.3 Å². The van der Waals surface area contributed by atoms with Crippen LogP contribution in [0.25, 0.3) is 0 Å². The summed E-state index contributed by atoms with van der Waals surface area (Å²) in [5.41, 5.74) is 0.144.